The second-order valence-corrected chi connectivity index (χ2v) is 7.09. The number of carbonyl (C=O) groups is 1. The summed E-state index contributed by atoms with van der Waals surface area (Å²) >= 11 is 12.9. The number of anilines is 2. The van der Waals surface area contributed by atoms with E-state index in [1.54, 1.807) is 24.3 Å². The van der Waals surface area contributed by atoms with Crippen LogP contribution in [0, 0.1) is 5.92 Å². The average molecular weight is 407 g/mol. The van der Waals surface area contributed by atoms with Gasteiger partial charge in [0.15, 0.2) is 0 Å². The Hall–Kier alpha value is -2.40. The molecule has 0 aliphatic carbocycles. The molecule has 0 bridgehead atoms. The first-order valence-electron chi connectivity index (χ1n) is 8.46. The normalized spacial score (nSPS) is 11.5. The predicted molar refractivity (Wildman–Crippen MR) is 109 cm³/mol. The second-order valence-electron chi connectivity index (χ2n) is 6.30. The van der Waals surface area contributed by atoms with Gasteiger partial charge in [-0.3, -0.25) is 4.79 Å². The molecule has 0 aliphatic heterocycles. The molecule has 142 valence electrons. The van der Waals surface area contributed by atoms with Gasteiger partial charge in [0, 0.05) is 17.1 Å². The Balaban J connectivity index is 2.25. The lowest BCUT2D eigenvalue weighted by Crippen LogP contribution is -2.06. The molecular formula is C19H20Cl2N4O2. The van der Waals surface area contributed by atoms with Crippen LogP contribution in [0.4, 0.5) is 11.4 Å². The third-order valence-corrected chi connectivity index (χ3v) is 4.89. The minimum atomic E-state index is -0.913. The van der Waals surface area contributed by atoms with Crippen LogP contribution in [-0.4, -0.2) is 17.6 Å². The standard InChI is InChI=1S/C19H20Cl2N4O2/c1-12(8-9-23-25-22)10-14-6-7-15(20)19(18(14)21)24-16-5-3-2-4-13(16)11-17(26)27/h2-7,12,24H,8-11H2,1H3,(H,26,27). The van der Waals surface area contributed by atoms with Crippen LogP contribution >= 0.6 is 23.2 Å². The smallest absolute Gasteiger partial charge is 0.307 e. The van der Waals surface area contributed by atoms with Gasteiger partial charge in [-0.05, 0) is 47.6 Å². The van der Waals surface area contributed by atoms with Crippen molar-refractivity contribution in [2.24, 2.45) is 11.0 Å². The quantitative estimate of drug-likeness (QED) is 0.292. The lowest BCUT2D eigenvalue weighted by molar-refractivity contribution is -0.136. The summed E-state index contributed by atoms with van der Waals surface area (Å²) in [6.07, 6.45) is 1.37. The minimum Gasteiger partial charge on any atom is -0.481 e. The molecule has 2 N–H and O–H groups in total. The van der Waals surface area contributed by atoms with E-state index in [2.05, 4.69) is 22.3 Å². The van der Waals surface area contributed by atoms with Gasteiger partial charge in [0.1, 0.15) is 0 Å². The molecule has 2 aromatic carbocycles. The SMILES string of the molecule is CC(CCN=[N+]=[N-])Cc1ccc(Cl)c(Nc2ccccc2CC(=O)O)c1Cl. The fourth-order valence-electron chi connectivity index (χ4n) is 2.76. The van der Waals surface area contributed by atoms with E-state index < -0.39 is 5.97 Å². The van der Waals surface area contributed by atoms with Crippen LogP contribution in [0.1, 0.15) is 24.5 Å². The van der Waals surface area contributed by atoms with E-state index in [0.29, 0.717) is 39.9 Å². The van der Waals surface area contributed by atoms with E-state index in [1.807, 2.05) is 12.1 Å². The van der Waals surface area contributed by atoms with Crippen LogP contribution in [0.25, 0.3) is 10.4 Å². The molecule has 1 atom stereocenters. The molecule has 8 heteroatoms. The summed E-state index contributed by atoms with van der Waals surface area (Å²) in [7, 11) is 0. The number of hydrogen-bond donors (Lipinski definition) is 2. The number of nitrogens with zero attached hydrogens (tertiary/aromatic N) is 3. The number of halogens is 2. The summed E-state index contributed by atoms with van der Waals surface area (Å²) < 4.78 is 0. The number of carboxylic acid groups (broad SMARTS) is 1. The maximum atomic E-state index is 11.1. The first-order valence-corrected chi connectivity index (χ1v) is 9.22. The maximum absolute atomic E-state index is 11.1. The van der Waals surface area contributed by atoms with Crippen molar-refractivity contribution in [1.29, 1.82) is 0 Å². The summed E-state index contributed by atoms with van der Waals surface area (Å²) in [5, 5.41) is 16.8. The number of hydrogen-bond acceptors (Lipinski definition) is 3. The van der Waals surface area contributed by atoms with E-state index in [1.165, 1.54) is 0 Å². The highest BCUT2D eigenvalue weighted by Crippen LogP contribution is 2.37. The molecule has 27 heavy (non-hydrogen) atoms. The van der Waals surface area contributed by atoms with Crippen LogP contribution in [0.2, 0.25) is 10.0 Å². The van der Waals surface area contributed by atoms with Crippen LogP contribution in [-0.2, 0) is 17.6 Å². The Morgan fingerprint density at radius 2 is 2.00 bits per heavy atom. The topological polar surface area (TPSA) is 98.1 Å². The zero-order chi connectivity index (χ0) is 19.8. The first-order chi connectivity index (χ1) is 12.9. The minimum absolute atomic E-state index is 0.103. The monoisotopic (exact) mass is 406 g/mol. The van der Waals surface area contributed by atoms with Crippen molar-refractivity contribution < 1.29 is 9.90 Å². The number of para-hydroxylation sites is 1. The van der Waals surface area contributed by atoms with E-state index >= 15 is 0 Å². The van der Waals surface area contributed by atoms with Gasteiger partial charge in [-0.25, -0.2) is 0 Å². The van der Waals surface area contributed by atoms with Gasteiger partial charge < -0.3 is 10.4 Å². The molecule has 0 fully saturated rings. The highest BCUT2D eigenvalue weighted by Gasteiger charge is 2.15. The summed E-state index contributed by atoms with van der Waals surface area (Å²) in [5.74, 6) is -0.634. The Bertz CT molecular complexity index is 867. The van der Waals surface area contributed by atoms with Crippen molar-refractivity contribution >= 4 is 40.5 Å². The third-order valence-electron chi connectivity index (χ3n) is 4.14. The third kappa shape index (κ3) is 6.07. The lowest BCUT2D eigenvalue weighted by Gasteiger charge is -2.17. The maximum Gasteiger partial charge on any atom is 0.307 e. The number of rotatable bonds is 9. The molecular weight excluding hydrogens is 387 g/mol. The summed E-state index contributed by atoms with van der Waals surface area (Å²) in [5.41, 5.74) is 11.1. The van der Waals surface area contributed by atoms with E-state index in [0.717, 1.165) is 12.0 Å². The lowest BCUT2D eigenvalue weighted by atomic mass is 9.97. The van der Waals surface area contributed by atoms with Crippen molar-refractivity contribution in [3.63, 3.8) is 0 Å². The zero-order valence-corrected chi connectivity index (χ0v) is 16.3. The molecule has 0 radical (unpaired) electrons. The summed E-state index contributed by atoms with van der Waals surface area (Å²) in [6, 6.07) is 10.8. The van der Waals surface area contributed by atoms with Crippen molar-refractivity contribution in [2.45, 2.75) is 26.2 Å². The van der Waals surface area contributed by atoms with Crippen molar-refractivity contribution in [2.75, 3.05) is 11.9 Å². The molecule has 0 heterocycles. The van der Waals surface area contributed by atoms with Crippen molar-refractivity contribution in [1.82, 2.24) is 0 Å². The Kier molecular flexibility index (Phi) is 7.80. The number of azide groups is 1. The van der Waals surface area contributed by atoms with E-state index in [9.17, 15) is 4.79 Å². The Labute approximate surface area is 167 Å². The second kappa shape index (κ2) is 10.1. The van der Waals surface area contributed by atoms with Gasteiger partial charge in [-0.1, -0.05) is 59.5 Å². The number of nitrogens with one attached hydrogen (secondary N) is 1. The largest absolute Gasteiger partial charge is 0.481 e. The molecule has 0 aromatic heterocycles. The molecule has 6 nitrogen and oxygen atoms in total. The van der Waals surface area contributed by atoms with E-state index in [-0.39, 0.29) is 12.3 Å². The Morgan fingerprint density at radius 1 is 1.26 bits per heavy atom. The van der Waals surface area contributed by atoms with Crippen LogP contribution in [0.15, 0.2) is 41.5 Å². The van der Waals surface area contributed by atoms with Crippen molar-refractivity contribution in [3.05, 3.63) is 68.0 Å². The molecule has 0 aliphatic rings. The van der Waals surface area contributed by atoms with Gasteiger partial charge in [0.25, 0.3) is 0 Å². The zero-order valence-electron chi connectivity index (χ0n) is 14.8. The molecule has 0 spiro atoms. The van der Waals surface area contributed by atoms with Gasteiger partial charge in [0.05, 0.1) is 22.2 Å². The van der Waals surface area contributed by atoms with Crippen LogP contribution < -0.4 is 5.32 Å². The summed E-state index contributed by atoms with van der Waals surface area (Å²) in [4.78, 5) is 13.8. The van der Waals surface area contributed by atoms with Gasteiger partial charge >= 0.3 is 5.97 Å². The molecule has 2 aromatic rings. The fourth-order valence-corrected chi connectivity index (χ4v) is 3.30. The highest BCUT2D eigenvalue weighted by molar-refractivity contribution is 6.39. The fraction of sp³-hybridized carbons (Fsp3) is 0.316. The number of carboxylic acids is 1. The average Bonchev–Trinajstić information content (AvgIpc) is 2.62. The van der Waals surface area contributed by atoms with E-state index in [4.69, 9.17) is 33.8 Å². The molecule has 0 saturated carbocycles. The van der Waals surface area contributed by atoms with Gasteiger partial charge in [0.2, 0.25) is 0 Å². The van der Waals surface area contributed by atoms with Crippen molar-refractivity contribution in [3.8, 4) is 0 Å². The van der Waals surface area contributed by atoms with Gasteiger partial charge in [-0.2, -0.15) is 0 Å². The number of benzene rings is 2. The Morgan fingerprint density at radius 3 is 2.70 bits per heavy atom. The predicted octanol–water partition coefficient (Wildman–Crippen LogP) is 6.24. The first kappa shape index (κ1) is 20.9. The molecule has 1 unspecified atom stereocenters. The molecule has 2 rings (SSSR count). The summed E-state index contributed by atoms with van der Waals surface area (Å²) in [6.45, 7) is 2.50. The molecule has 0 saturated heterocycles. The van der Waals surface area contributed by atoms with Crippen LogP contribution in [0.5, 0.6) is 0 Å². The highest BCUT2D eigenvalue weighted by atomic mass is 35.5. The van der Waals surface area contributed by atoms with Gasteiger partial charge in [-0.15, -0.1) is 0 Å². The van der Waals surface area contributed by atoms with Crippen LogP contribution in [0.3, 0.4) is 0 Å². The number of aliphatic carboxylic acids is 1. The molecule has 0 amide bonds.